The standard InChI is InChI=1S/C31H32N2O6.C6H13NO2/c34-28-24-15-7-8-16-25(24)29(35)33(28)20-10-9-17-27(31(38)39-21-23-13-5-2-6-14-23)32-26(30(36)37)19-18-22-11-3-1-4-12-22;1-4(2)3-5(7)6(8)9/h1-8,11-16,26-27,32H,9-10,17-21H2,(H,36,37);4-5H,3,7H2,1-2H3,(H,8,9)/t26-,27+;/m0./s1. The number of nitrogens with one attached hydrogen (secondary N) is 1. The zero-order valence-electron chi connectivity index (χ0n) is 27.4. The van der Waals surface area contributed by atoms with Gasteiger partial charge in [0.05, 0.1) is 11.1 Å². The number of benzene rings is 3. The van der Waals surface area contributed by atoms with Crippen LogP contribution in [0, 0.1) is 5.92 Å². The molecule has 0 aromatic heterocycles. The number of amides is 2. The van der Waals surface area contributed by atoms with Crippen LogP contribution in [0.15, 0.2) is 84.9 Å². The van der Waals surface area contributed by atoms with Crippen LogP contribution in [0.5, 0.6) is 0 Å². The topological polar surface area (TPSA) is 176 Å². The lowest BCUT2D eigenvalue weighted by atomic mass is 10.0. The molecular formula is C37H45N3O8. The number of esters is 1. The molecular weight excluding hydrogens is 614 g/mol. The lowest BCUT2D eigenvalue weighted by Crippen LogP contribution is -2.48. The predicted molar refractivity (Wildman–Crippen MR) is 180 cm³/mol. The van der Waals surface area contributed by atoms with E-state index in [1.807, 2.05) is 74.5 Å². The smallest absolute Gasteiger partial charge is 0.323 e. The van der Waals surface area contributed by atoms with Gasteiger partial charge in [-0.1, -0.05) is 86.6 Å². The SMILES string of the molecule is CC(C)CC(N)C(=O)O.O=C(O)[C@H](CCc1ccccc1)N[C@H](CCCCN1C(=O)c2ccccc2C1=O)C(=O)OCc1ccccc1. The molecule has 256 valence electrons. The number of nitrogens with two attached hydrogens (primary N) is 1. The van der Waals surface area contributed by atoms with Gasteiger partial charge in [0.1, 0.15) is 24.7 Å². The van der Waals surface area contributed by atoms with Crippen molar-refractivity contribution in [3.63, 3.8) is 0 Å². The van der Waals surface area contributed by atoms with Crippen LogP contribution in [0.3, 0.4) is 0 Å². The lowest BCUT2D eigenvalue weighted by Gasteiger charge is -2.23. The Morgan fingerprint density at radius 3 is 1.79 bits per heavy atom. The van der Waals surface area contributed by atoms with E-state index >= 15 is 0 Å². The van der Waals surface area contributed by atoms with Crippen LogP contribution in [-0.4, -0.2) is 69.5 Å². The first kappa shape index (κ1) is 37.6. The van der Waals surface area contributed by atoms with Crippen LogP contribution in [0.4, 0.5) is 0 Å². The monoisotopic (exact) mass is 659 g/mol. The fourth-order valence-corrected chi connectivity index (χ4v) is 5.24. The minimum absolute atomic E-state index is 0.0780. The van der Waals surface area contributed by atoms with E-state index in [0.717, 1.165) is 11.1 Å². The summed E-state index contributed by atoms with van der Waals surface area (Å²) >= 11 is 0. The molecule has 48 heavy (non-hydrogen) atoms. The molecule has 4 rings (SSSR count). The van der Waals surface area contributed by atoms with E-state index in [9.17, 15) is 29.1 Å². The van der Waals surface area contributed by atoms with Crippen molar-refractivity contribution in [1.29, 1.82) is 0 Å². The first-order valence-electron chi connectivity index (χ1n) is 16.1. The number of carboxylic acids is 2. The first-order valence-corrected chi connectivity index (χ1v) is 16.1. The Morgan fingerprint density at radius 2 is 1.29 bits per heavy atom. The van der Waals surface area contributed by atoms with Gasteiger partial charge in [0.2, 0.25) is 0 Å². The average molecular weight is 660 g/mol. The van der Waals surface area contributed by atoms with Gasteiger partial charge in [-0.05, 0) is 67.7 Å². The number of aryl methyl sites for hydroxylation is 1. The highest BCUT2D eigenvalue weighted by molar-refractivity contribution is 6.21. The number of hydrogen-bond acceptors (Lipinski definition) is 8. The molecule has 1 aliphatic heterocycles. The molecule has 0 fully saturated rings. The van der Waals surface area contributed by atoms with Crippen molar-refractivity contribution >= 4 is 29.7 Å². The second kappa shape index (κ2) is 19.1. The Hall–Kier alpha value is -4.87. The maximum Gasteiger partial charge on any atom is 0.323 e. The molecule has 0 saturated heterocycles. The maximum atomic E-state index is 13.1. The third kappa shape index (κ3) is 11.7. The Morgan fingerprint density at radius 1 is 0.750 bits per heavy atom. The normalized spacial score (nSPS) is 14.0. The van der Waals surface area contributed by atoms with Crippen LogP contribution in [0.1, 0.15) is 77.8 Å². The molecule has 11 heteroatoms. The summed E-state index contributed by atoms with van der Waals surface area (Å²) in [5.41, 5.74) is 7.85. The van der Waals surface area contributed by atoms with Crippen molar-refractivity contribution in [3.8, 4) is 0 Å². The molecule has 1 unspecified atom stereocenters. The largest absolute Gasteiger partial charge is 0.480 e. The van der Waals surface area contributed by atoms with Crippen molar-refractivity contribution in [2.75, 3.05) is 6.54 Å². The van der Waals surface area contributed by atoms with E-state index in [1.54, 1.807) is 24.3 Å². The third-order valence-electron chi connectivity index (χ3n) is 7.82. The minimum atomic E-state index is -1.04. The summed E-state index contributed by atoms with van der Waals surface area (Å²) in [6.45, 7) is 4.19. The molecule has 1 heterocycles. The highest BCUT2D eigenvalue weighted by atomic mass is 16.5. The van der Waals surface area contributed by atoms with Crippen molar-refractivity contribution in [2.45, 2.75) is 77.1 Å². The van der Waals surface area contributed by atoms with Crippen molar-refractivity contribution in [3.05, 3.63) is 107 Å². The summed E-state index contributed by atoms with van der Waals surface area (Å²) in [6.07, 6.45) is 2.64. The summed E-state index contributed by atoms with van der Waals surface area (Å²) in [5.74, 6) is -2.78. The van der Waals surface area contributed by atoms with Crippen LogP contribution < -0.4 is 11.1 Å². The number of rotatable bonds is 17. The van der Waals surface area contributed by atoms with Crippen LogP contribution >= 0.6 is 0 Å². The molecule has 0 radical (unpaired) electrons. The number of carbonyl (C=O) groups excluding carboxylic acids is 3. The van der Waals surface area contributed by atoms with Gasteiger partial charge in [0.25, 0.3) is 11.8 Å². The van der Waals surface area contributed by atoms with Gasteiger partial charge in [-0.2, -0.15) is 0 Å². The summed E-state index contributed by atoms with van der Waals surface area (Å²) in [4.78, 5) is 61.7. The van der Waals surface area contributed by atoms with E-state index in [-0.39, 0.29) is 25.0 Å². The van der Waals surface area contributed by atoms with Gasteiger partial charge in [-0.15, -0.1) is 0 Å². The van der Waals surface area contributed by atoms with Gasteiger partial charge < -0.3 is 20.7 Å². The summed E-state index contributed by atoms with van der Waals surface area (Å²) in [5, 5.41) is 21.2. The third-order valence-corrected chi connectivity index (χ3v) is 7.82. The van der Waals surface area contributed by atoms with Crippen LogP contribution in [0.2, 0.25) is 0 Å². The molecule has 3 aromatic carbocycles. The Balaban J connectivity index is 0.000000609. The Bertz CT molecular complexity index is 1480. The van der Waals surface area contributed by atoms with Gasteiger partial charge in [0.15, 0.2) is 0 Å². The molecule has 2 amide bonds. The molecule has 3 atom stereocenters. The zero-order chi connectivity index (χ0) is 35.1. The number of carbonyl (C=O) groups is 5. The maximum absolute atomic E-state index is 13.1. The number of fused-ring (bicyclic) bond motifs is 1. The Kier molecular flexibility index (Phi) is 14.9. The van der Waals surface area contributed by atoms with E-state index in [1.165, 1.54) is 4.90 Å². The number of hydrogen-bond donors (Lipinski definition) is 4. The van der Waals surface area contributed by atoms with Crippen LogP contribution in [-0.2, 0) is 32.1 Å². The van der Waals surface area contributed by atoms with Crippen molar-refractivity contribution in [1.82, 2.24) is 10.2 Å². The van der Waals surface area contributed by atoms with E-state index in [2.05, 4.69) is 5.32 Å². The minimum Gasteiger partial charge on any atom is -0.480 e. The number of carboxylic acid groups (broad SMARTS) is 2. The quantitative estimate of drug-likeness (QED) is 0.0904. The average Bonchev–Trinajstić information content (AvgIpc) is 3.32. The number of nitrogens with zero attached hydrogens (tertiary/aromatic N) is 1. The fraction of sp³-hybridized carbons (Fsp3) is 0.378. The predicted octanol–water partition coefficient (Wildman–Crippen LogP) is 4.68. The summed E-state index contributed by atoms with van der Waals surface area (Å²) in [6, 6.07) is 23.1. The molecule has 0 aliphatic carbocycles. The van der Waals surface area contributed by atoms with Gasteiger partial charge in [0, 0.05) is 6.54 Å². The molecule has 1 aliphatic rings. The highest BCUT2D eigenvalue weighted by Crippen LogP contribution is 2.23. The molecule has 11 nitrogen and oxygen atoms in total. The molecule has 0 bridgehead atoms. The Labute approximate surface area is 281 Å². The van der Waals surface area contributed by atoms with Gasteiger partial charge in [-0.25, -0.2) is 0 Å². The number of ether oxygens (including phenoxy) is 1. The number of unbranched alkanes of at least 4 members (excludes halogenated alkanes) is 1. The van der Waals surface area contributed by atoms with E-state index in [0.29, 0.717) is 55.6 Å². The molecule has 0 saturated carbocycles. The summed E-state index contributed by atoms with van der Waals surface area (Å²) < 4.78 is 5.53. The van der Waals surface area contributed by atoms with Crippen molar-refractivity contribution in [2.24, 2.45) is 11.7 Å². The second-order valence-electron chi connectivity index (χ2n) is 12.1. The summed E-state index contributed by atoms with van der Waals surface area (Å²) in [7, 11) is 0. The zero-order valence-corrected chi connectivity index (χ0v) is 27.4. The molecule has 5 N–H and O–H groups in total. The van der Waals surface area contributed by atoms with Gasteiger partial charge >= 0.3 is 17.9 Å². The van der Waals surface area contributed by atoms with Gasteiger partial charge in [-0.3, -0.25) is 34.2 Å². The molecule has 3 aromatic rings. The number of imide groups is 1. The van der Waals surface area contributed by atoms with E-state index in [4.69, 9.17) is 15.6 Å². The highest BCUT2D eigenvalue weighted by Gasteiger charge is 2.34. The first-order chi connectivity index (χ1) is 23.0. The van der Waals surface area contributed by atoms with Crippen molar-refractivity contribution < 1.29 is 38.9 Å². The number of aliphatic carboxylic acids is 2. The lowest BCUT2D eigenvalue weighted by molar-refractivity contribution is -0.149. The second-order valence-corrected chi connectivity index (χ2v) is 12.1. The fourth-order valence-electron chi connectivity index (χ4n) is 5.24. The van der Waals surface area contributed by atoms with E-state index < -0.39 is 36.0 Å². The molecule has 0 spiro atoms. The van der Waals surface area contributed by atoms with Crippen LogP contribution in [0.25, 0.3) is 0 Å².